The lowest BCUT2D eigenvalue weighted by molar-refractivity contribution is -0.141. The van der Waals surface area contributed by atoms with Crippen molar-refractivity contribution in [2.75, 3.05) is 20.3 Å². The van der Waals surface area contributed by atoms with Crippen LogP contribution < -0.4 is 9.47 Å². The maximum atomic E-state index is 10.5. The molecule has 0 atom stereocenters. The molecule has 0 fully saturated rings. The Morgan fingerprint density at radius 2 is 2.12 bits per heavy atom. The number of hydrogen-bond acceptors (Lipinski definition) is 4. The lowest BCUT2D eigenvalue weighted by Gasteiger charge is -2.11. The number of rotatable bonds is 6. The van der Waals surface area contributed by atoms with Crippen molar-refractivity contribution < 1.29 is 19.0 Å². The number of carbonyl (C=O) groups excluding carboxylic acids is 1. The van der Waals surface area contributed by atoms with Gasteiger partial charge in [-0.15, -0.1) is 0 Å². The number of methoxy groups -OCH3 is 1. The zero-order valence-corrected chi connectivity index (χ0v) is 10.1. The van der Waals surface area contributed by atoms with Crippen LogP contribution in [0.5, 0.6) is 11.5 Å². The molecule has 0 N–H and O–H groups in total. The zero-order valence-electron chi connectivity index (χ0n) is 10.1. The van der Waals surface area contributed by atoms with Crippen molar-refractivity contribution in [2.45, 2.75) is 6.92 Å². The molecule has 92 valence electrons. The average Bonchev–Trinajstić information content (AvgIpc) is 2.34. The van der Waals surface area contributed by atoms with E-state index in [1.54, 1.807) is 19.3 Å². The minimum atomic E-state index is -0.317. The molecule has 0 saturated heterocycles. The Morgan fingerprint density at radius 1 is 1.35 bits per heavy atom. The first-order valence-corrected chi connectivity index (χ1v) is 5.24. The number of ether oxygens (including phenoxy) is 3. The van der Waals surface area contributed by atoms with Gasteiger partial charge >= 0.3 is 5.97 Å². The van der Waals surface area contributed by atoms with Crippen molar-refractivity contribution in [3.63, 3.8) is 0 Å². The van der Waals surface area contributed by atoms with Crippen molar-refractivity contribution in [3.05, 3.63) is 30.3 Å². The van der Waals surface area contributed by atoms with Crippen LogP contribution in [0.2, 0.25) is 0 Å². The maximum Gasteiger partial charge on any atom is 0.302 e. The highest BCUT2D eigenvalue weighted by molar-refractivity contribution is 5.65. The van der Waals surface area contributed by atoms with Crippen LogP contribution in [0, 0.1) is 0 Å². The molecular formula is C13H16O4. The Bertz CT molecular complexity index is 398. The van der Waals surface area contributed by atoms with Crippen molar-refractivity contribution in [1.29, 1.82) is 0 Å². The summed E-state index contributed by atoms with van der Waals surface area (Å²) in [7, 11) is 1.57. The minimum Gasteiger partial charge on any atom is -0.493 e. The van der Waals surface area contributed by atoms with Crippen LogP contribution >= 0.6 is 0 Å². The Morgan fingerprint density at radius 3 is 2.71 bits per heavy atom. The van der Waals surface area contributed by atoms with Crippen LogP contribution in [-0.4, -0.2) is 26.3 Å². The highest BCUT2D eigenvalue weighted by Gasteiger charge is 2.04. The molecule has 0 aliphatic rings. The second-order valence-corrected chi connectivity index (χ2v) is 3.30. The van der Waals surface area contributed by atoms with Gasteiger partial charge in [0.25, 0.3) is 0 Å². The topological polar surface area (TPSA) is 44.8 Å². The van der Waals surface area contributed by atoms with E-state index < -0.39 is 0 Å². The van der Waals surface area contributed by atoms with E-state index in [4.69, 9.17) is 14.2 Å². The molecule has 0 heterocycles. The molecule has 0 amide bonds. The van der Waals surface area contributed by atoms with E-state index >= 15 is 0 Å². The largest absolute Gasteiger partial charge is 0.493 e. The first kappa shape index (κ1) is 13.1. The Balaban J connectivity index is 2.58. The monoisotopic (exact) mass is 236 g/mol. The SMILES string of the molecule is C=Cc1ccc(OCCOC(C)=O)c(OC)c1. The van der Waals surface area contributed by atoms with Crippen LogP contribution in [0.1, 0.15) is 12.5 Å². The molecule has 17 heavy (non-hydrogen) atoms. The molecular weight excluding hydrogens is 220 g/mol. The normalized spacial score (nSPS) is 9.53. The van der Waals surface area contributed by atoms with Crippen LogP contribution in [0.3, 0.4) is 0 Å². The van der Waals surface area contributed by atoms with Gasteiger partial charge in [-0.2, -0.15) is 0 Å². The summed E-state index contributed by atoms with van der Waals surface area (Å²) in [6.07, 6.45) is 1.73. The van der Waals surface area contributed by atoms with Crippen LogP contribution in [-0.2, 0) is 9.53 Å². The molecule has 0 aliphatic carbocycles. The average molecular weight is 236 g/mol. The molecule has 0 aromatic heterocycles. The fraction of sp³-hybridized carbons (Fsp3) is 0.308. The fourth-order valence-electron chi connectivity index (χ4n) is 1.27. The van der Waals surface area contributed by atoms with E-state index in [1.165, 1.54) is 6.92 Å². The summed E-state index contributed by atoms with van der Waals surface area (Å²) >= 11 is 0. The van der Waals surface area contributed by atoms with Crippen LogP contribution in [0.4, 0.5) is 0 Å². The number of benzene rings is 1. The van der Waals surface area contributed by atoms with Gasteiger partial charge < -0.3 is 14.2 Å². The van der Waals surface area contributed by atoms with Crippen LogP contribution in [0.15, 0.2) is 24.8 Å². The predicted octanol–water partition coefficient (Wildman–Crippen LogP) is 2.28. The Labute approximate surface area is 101 Å². The van der Waals surface area contributed by atoms with Gasteiger partial charge in [-0.25, -0.2) is 0 Å². The third-order valence-electron chi connectivity index (χ3n) is 2.07. The van der Waals surface area contributed by atoms with Gasteiger partial charge in [0.2, 0.25) is 0 Å². The van der Waals surface area contributed by atoms with Crippen molar-refractivity contribution in [3.8, 4) is 11.5 Å². The second-order valence-electron chi connectivity index (χ2n) is 3.30. The summed E-state index contributed by atoms with van der Waals surface area (Å²) < 4.78 is 15.4. The quantitative estimate of drug-likeness (QED) is 0.561. The summed E-state index contributed by atoms with van der Waals surface area (Å²) in [5, 5.41) is 0. The van der Waals surface area contributed by atoms with Gasteiger partial charge in [-0.3, -0.25) is 4.79 Å². The molecule has 0 radical (unpaired) electrons. The third kappa shape index (κ3) is 4.18. The third-order valence-corrected chi connectivity index (χ3v) is 2.07. The number of hydrogen-bond donors (Lipinski definition) is 0. The minimum absolute atomic E-state index is 0.224. The highest BCUT2D eigenvalue weighted by Crippen LogP contribution is 2.28. The molecule has 4 nitrogen and oxygen atoms in total. The van der Waals surface area contributed by atoms with E-state index in [0.29, 0.717) is 18.1 Å². The highest BCUT2D eigenvalue weighted by atomic mass is 16.6. The van der Waals surface area contributed by atoms with Crippen molar-refractivity contribution >= 4 is 12.0 Å². The lowest BCUT2D eigenvalue weighted by Crippen LogP contribution is -2.09. The molecule has 0 aliphatic heterocycles. The first-order chi connectivity index (χ1) is 8.17. The summed E-state index contributed by atoms with van der Waals surface area (Å²) in [4.78, 5) is 10.5. The summed E-state index contributed by atoms with van der Waals surface area (Å²) in [5.41, 5.74) is 0.953. The zero-order chi connectivity index (χ0) is 12.7. The standard InChI is InChI=1S/C13H16O4/c1-4-11-5-6-12(13(9-11)15-3)17-8-7-16-10(2)14/h4-6,9H,1,7-8H2,2-3H3. The Kier molecular flexibility index (Phi) is 5.07. The second kappa shape index (κ2) is 6.58. The molecule has 0 bridgehead atoms. The van der Waals surface area contributed by atoms with Gasteiger partial charge in [-0.05, 0) is 17.7 Å². The number of esters is 1. The maximum absolute atomic E-state index is 10.5. The van der Waals surface area contributed by atoms with E-state index in [1.807, 2.05) is 12.1 Å². The van der Waals surface area contributed by atoms with Gasteiger partial charge in [-0.1, -0.05) is 18.7 Å². The van der Waals surface area contributed by atoms with Crippen LogP contribution in [0.25, 0.3) is 6.08 Å². The van der Waals surface area contributed by atoms with E-state index in [-0.39, 0.29) is 12.6 Å². The van der Waals surface area contributed by atoms with E-state index in [2.05, 4.69) is 6.58 Å². The van der Waals surface area contributed by atoms with Crippen molar-refractivity contribution in [1.82, 2.24) is 0 Å². The molecule has 1 aromatic carbocycles. The molecule has 1 rings (SSSR count). The molecule has 0 spiro atoms. The lowest BCUT2D eigenvalue weighted by atomic mass is 10.2. The first-order valence-electron chi connectivity index (χ1n) is 5.24. The summed E-state index contributed by atoms with van der Waals surface area (Å²) in [6, 6.07) is 5.49. The van der Waals surface area contributed by atoms with Gasteiger partial charge in [0.1, 0.15) is 13.2 Å². The number of carbonyl (C=O) groups is 1. The smallest absolute Gasteiger partial charge is 0.302 e. The van der Waals surface area contributed by atoms with E-state index in [0.717, 1.165) is 5.56 Å². The predicted molar refractivity (Wildman–Crippen MR) is 65.2 cm³/mol. The molecule has 1 aromatic rings. The molecule has 0 saturated carbocycles. The van der Waals surface area contributed by atoms with Gasteiger partial charge in [0.05, 0.1) is 7.11 Å². The van der Waals surface area contributed by atoms with Crippen molar-refractivity contribution in [2.24, 2.45) is 0 Å². The summed E-state index contributed by atoms with van der Waals surface area (Å²) in [6.45, 7) is 5.56. The summed E-state index contributed by atoms with van der Waals surface area (Å²) in [5.74, 6) is 0.929. The molecule has 0 unspecified atom stereocenters. The van der Waals surface area contributed by atoms with E-state index in [9.17, 15) is 4.79 Å². The Hall–Kier alpha value is -1.97. The fourth-order valence-corrected chi connectivity index (χ4v) is 1.27. The van der Waals surface area contributed by atoms with Gasteiger partial charge in [0, 0.05) is 6.92 Å². The molecule has 4 heteroatoms. The van der Waals surface area contributed by atoms with Gasteiger partial charge in [0.15, 0.2) is 11.5 Å².